The zero-order valence-electron chi connectivity index (χ0n) is 12.0. The van der Waals surface area contributed by atoms with Crippen molar-refractivity contribution in [3.05, 3.63) is 41.6 Å². The molecule has 2 aromatic rings. The predicted molar refractivity (Wildman–Crippen MR) is 72.1 cm³/mol. The lowest BCUT2D eigenvalue weighted by Gasteiger charge is -2.22. The smallest absolute Gasteiger partial charge is 0.406 e. The average molecular weight is 315 g/mol. The highest BCUT2D eigenvalue weighted by Gasteiger charge is 2.34. The molecule has 0 bridgehead atoms. The summed E-state index contributed by atoms with van der Waals surface area (Å²) in [5.41, 5.74) is 0.690. The molecule has 0 aliphatic carbocycles. The van der Waals surface area contributed by atoms with Crippen LogP contribution in [0.3, 0.4) is 0 Å². The zero-order chi connectivity index (χ0) is 16.2. The van der Waals surface area contributed by atoms with Gasteiger partial charge in [0.2, 0.25) is 0 Å². The van der Waals surface area contributed by atoms with Gasteiger partial charge < -0.3 is 9.32 Å². The van der Waals surface area contributed by atoms with Crippen LogP contribution in [0.1, 0.15) is 35.3 Å². The quantitative estimate of drug-likeness (QED) is 0.890. The van der Waals surface area contributed by atoms with Crippen molar-refractivity contribution in [2.24, 2.45) is 0 Å². The minimum atomic E-state index is -4.50. The molecule has 2 rings (SSSR count). The summed E-state index contributed by atoms with van der Waals surface area (Å²) in [6.45, 7) is 0.332. The van der Waals surface area contributed by atoms with Crippen molar-refractivity contribution in [3.8, 4) is 0 Å². The molecule has 0 aliphatic rings. The molecule has 1 amide bonds. The molecule has 0 fully saturated rings. The van der Waals surface area contributed by atoms with Crippen LogP contribution >= 0.6 is 0 Å². The third kappa shape index (κ3) is 4.37. The van der Waals surface area contributed by atoms with Gasteiger partial charge in [-0.05, 0) is 24.6 Å². The first-order valence-corrected chi connectivity index (χ1v) is 6.81. The van der Waals surface area contributed by atoms with Crippen LogP contribution in [0.5, 0.6) is 0 Å². The molecular weight excluding hydrogens is 299 g/mol. The number of H-pyrrole nitrogens is 1. The minimum Gasteiger partial charge on any atom is -0.467 e. The number of nitrogens with one attached hydrogen (secondary N) is 1. The molecular formula is C14H16F3N3O2. The number of rotatable bonds is 6. The van der Waals surface area contributed by atoms with E-state index in [1.165, 1.54) is 18.4 Å². The maximum absolute atomic E-state index is 12.7. The Balaban J connectivity index is 2.16. The van der Waals surface area contributed by atoms with Gasteiger partial charge in [0.05, 0.1) is 12.8 Å². The second kappa shape index (κ2) is 6.67. The molecule has 0 saturated heterocycles. The molecule has 0 radical (unpaired) electrons. The van der Waals surface area contributed by atoms with Crippen LogP contribution in [0.2, 0.25) is 0 Å². The number of aromatic amines is 1. The molecule has 0 aromatic carbocycles. The molecule has 120 valence electrons. The summed E-state index contributed by atoms with van der Waals surface area (Å²) in [6.07, 6.45) is -1.63. The Hall–Kier alpha value is -2.25. The van der Waals surface area contributed by atoms with Gasteiger partial charge in [0.15, 0.2) is 0 Å². The van der Waals surface area contributed by atoms with Gasteiger partial charge in [-0.3, -0.25) is 9.89 Å². The fourth-order valence-electron chi connectivity index (χ4n) is 2.04. The summed E-state index contributed by atoms with van der Waals surface area (Å²) in [6, 6.07) is 4.56. The lowest BCUT2D eigenvalue weighted by atomic mass is 10.2. The molecule has 0 atom stereocenters. The molecule has 0 spiro atoms. The monoisotopic (exact) mass is 315 g/mol. The fraction of sp³-hybridized carbons (Fsp3) is 0.429. The van der Waals surface area contributed by atoms with Crippen LogP contribution in [0.4, 0.5) is 13.2 Å². The van der Waals surface area contributed by atoms with Crippen LogP contribution < -0.4 is 0 Å². The maximum atomic E-state index is 12.7. The molecule has 1 N–H and O–H groups in total. The van der Waals surface area contributed by atoms with Gasteiger partial charge in [0, 0.05) is 5.69 Å². The number of amides is 1. The predicted octanol–water partition coefficient (Wildman–Crippen LogP) is 3.16. The Labute approximate surface area is 125 Å². The van der Waals surface area contributed by atoms with Gasteiger partial charge >= 0.3 is 6.18 Å². The van der Waals surface area contributed by atoms with Crippen LogP contribution in [0, 0.1) is 0 Å². The van der Waals surface area contributed by atoms with E-state index >= 15 is 0 Å². The topological polar surface area (TPSA) is 62.1 Å². The Bertz CT molecular complexity index is 605. The van der Waals surface area contributed by atoms with Gasteiger partial charge in [0.25, 0.3) is 5.91 Å². The van der Waals surface area contributed by atoms with E-state index in [-0.39, 0.29) is 18.0 Å². The third-order valence-electron chi connectivity index (χ3n) is 2.95. The number of alkyl halides is 3. The normalized spacial score (nSPS) is 11.6. The molecule has 5 nitrogen and oxygen atoms in total. The van der Waals surface area contributed by atoms with Crippen molar-refractivity contribution in [3.63, 3.8) is 0 Å². The summed E-state index contributed by atoms with van der Waals surface area (Å²) >= 11 is 0. The van der Waals surface area contributed by atoms with Crippen LogP contribution in [-0.4, -0.2) is 33.7 Å². The second-order valence-electron chi connectivity index (χ2n) is 4.88. The number of hydrogen-bond donors (Lipinski definition) is 1. The van der Waals surface area contributed by atoms with Crippen molar-refractivity contribution in [2.75, 3.05) is 6.54 Å². The van der Waals surface area contributed by atoms with Crippen molar-refractivity contribution >= 4 is 5.91 Å². The lowest BCUT2D eigenvalue weighted by Crippen LogP contribution is -2.38. The fourth-order valence-corrected chi connectivity index (χ4v) is 2.04. The maximum Gasteiger partial charge on any atom is 0.406 e. The van der Waals surface area contributed by atoms with Crippen molar-refractivity contribution < 1.29 is 22.4 Å². The number of carbonyl (C=O) groups is 1. The van der Waals surface area contributed by atoms with E-state index in [9.17, 15) is 18.0 Å². The summed E-state index contributed by atoms with van der Waals surface area (Å²) in [5.74, 6) is -0.505. The first kappa shape index (κ1) is 16.1. The standard InChI is InChI=1S/C14H16F3N3O2/c1-2-4-10-7-12(19-18-10)13(21)20(9-14(15,16)17)8-11-5-3-6-22-11/h3,5-7H,2,4,8-9H2,1H3,(H,18,19). The van der Waals surface area contributed by atoms with Crippen molar-refractivity contribution in [1.29, 1.82) is 0 Å². The molecule has 0 saturated carbocycles. The van der Waals surface area contributed by atoms with E-state index in [0.29, 0.717) is 11.3 Å². The molecule has 0 aliphatic heterocycles. The average Bonchev–Trinajstić information content (AvgIpc) is 3.07. The van der Waals surface area contributed by atoms with Gasteiger partial charge in [0.1, 0.15) is 18.0 Å². The number of aryl methyl sites for hydroxylation is 1. The number of carbonyl (C=O) groups excluding carboxylic acids is 1. The molecule has 0 unspecified atom stereocenters. The van der Waals surface area contributed by atoms with Crippen LogP contribution in [0.15, 0.2) is 28.9 Å². The van der Waals surface area contributed by atoms with Gasteiger partial charge in [-0.2, -0.15) is 18.3 Å². The zero-order valence-corrected chi connectivity index (χ0v) is 12.0. The van der Waals surface area contributed by atoms with E-state index in [4.69, 9.17) is 4.42 Å². The van der Waals surface area contributed by atoms with Crippen molar-refractivity contribution in [2.45, 2.75) is 32.5 Å². The first-order valence-electron chi connectivity index (χ1n) is 6.81. The highest BCUT2D eigenvalue weighted by atomic mass is 19.4. The van der Waals surface area contributed by atoms with E-state index in [1.807, 2.05) is 6.92 Å². The third-order valence-corrected chi connectivity index (χ3v) is 2.95. The Morgan fingerprint density at radius 2 is 2.23 bits per heavy atom. The Morgan fingerprint density at radius 1 is 1.45 bits per heavy atom. The van der Waals surface area contributed by atoms with E-state index in [1.54, 1.807) is 6.07 Å². The number of furan rings is 1. The summed E-state index contributed by atoms with van der Waals surface area (Å²) < 4.78 is 43.1. The second-order valence-corrected chi connectivity index (χ2v) is 4.88. The molecule has 2 aromatic heterocycles. The number of halogens is 3. The summed E-state index contributed by atoms with van der Waals surface area (Å²) in [5, 5.41) is 6.46. The van der Waals surface area contributed by atoms with E-state index < -0.39 is 18.6 Å². The number of nitrogens with zero attached hydrogens (tertiary/aromatic N) is 2. The van der Waals surface area contributed by atoms with Gasteiger partial charge in [-0.25, -0.2) is 0 Å². The largest absolute Gasteiger partial charge is 0.467 e. The Morgan fingerprint density at radius 3 is 2.82 bits per heavy atom. The first-order chi connectivity index (χ1) is 10.4. The molecule has 2 heterocycles. The SMILES string of the molecule is CCCc1cc(C(=O)N(Cc2ccco2)CC(F)(F)F)n[nH]1. The van der Waals surface area contributed by atoms with E-state index in [2.05, 4.69) is 10.2 Å². The minimum absolute atomic E-state index is 0.0285. The van der Waals surface area contributed by atoms with Gasteiger partial charge in [-0.15, -0.1) is 0 Å². The molecule has 8 heteroatoms. The highest BCUT2D eigenvalue weighted by molar-refractivity contribution is 5.92. The summed E-state index contributed by atoms with van der Waals surface area (Å²) in [7, 11) is 0. The molecule has 22 heavy (non-hydrogen) atoms. The Kier molecular flexibility index (Phi) is 4.89. The highest BCUT2D eigenvalue weighted by Crippen LogP contribution is 2.20. The van der Waals surface area contributed by atoms with Crippen molar-refractivity contribution in [1.82, 2.24) is 15.1 Å². The van der Waals surface area contributed by atoms with E-state index in [0.717, 1.165) is 12.1 Å². The lowest BCUT2D eigenvalue weighted by molar-refractivity contribution is -0.142. The summed E-state index contributed by atoms with van der Waals surface area (Å²) in [4.78, 5) is 12.9. The van der Waals surface area contributed by atoms with Gasteiger partial charge in [-0.1, -0.05) is 13.3 Å². The number of aromatic nitrogens is 2. The van der Waals surface area contributed by atoms with Crippen LogP contribution in [-0.2, 0) is 13.0 Å². The van der Waals surface area contributed by atoms with Crippen LogP contribution in [0.25, 0.3) is 0 Å². The number of hydrogen-bond acceptors (Lipinski definition) is 3.